The summed E-state index contributed by atoms with van der Waals surface area (Å²) in [5.74, 6) is 0.108. The molecule has 30 heavy (non-hydrogen) atoms. The topological polar surface area (TPSA) is 79.6 Å². The highest BCUT2D eigenvalue weighted by Crippen LogP contribution is 2.27. The first-order valence-corrected chi connectivity index (χ1v) is 11.4. The van der Waals surface area contributed by atoms with Gasteiger partial charge < -0.3 is 10.2 Å². The van der Waals surface area contributed by atoms with Gasteiger partial charge in [-0.1, -0.05) is 55.0 Å². The molecule has 0 aliphatic carbocycles. The number of nitrogens with zero attached hydrogens (tertiary/aromatic N) is 4. The van der Waals surface area contributed by atoms with Crippen LogP contribution >= 0.6 is 11.3 Å². The lowest BCUT2D eigenvalue weighted by molar-refractivity contribution is -0.126. The van der Waals surface area contributed by atoms with Gasteiger partial charge in [0.15, 0.2) is 0 Å². The molecule has 1 amide bonds. The van der Waals surface area contributed by atoms with Crippen molar-refractivity contribution in [2.24, 2.45) is 5.92 Å². The first kappa shape index (κ1) is 20.5. The third kappa shape index (κ3) is 4.38. The van der Waals surface area contributed by atoms with E-state index in [2.05, 4.69) is 27.2 Å². The van der Waals surface area contributed by atoms with E-state index in [4.69, 9.17) is 0 Å². The minimum Gasteiger partial charge on any atom is -0.349 e. The molecule has 7 nitrogen and oxygen atoms in total. The molecule has 1 aromatic carbocycles. The number of hydrogen-bond acceptors (Lipinski definition) is 6. The van der Waals surface area contributed by atoms with Crippen LogP contribution in [0, 0.1) is 5.92 Å². The molecular formula is C22H27N5O2S. The lowest BCUT2D eigenvalue weighted by atomic mass is 9.95. The van der Waals surface area contributed by atoms with Crippen molar-refractivity contribution in [3.8, 4) is 0 Å². The van der Waals surface area contributed by atoms with Crippen molar-refractivity contribution >= 4 is 27.3 Å². The highest BCUT2D eigenvalue weighted by atomic mass is 32.1. The number of carbonyl (C=O) groups is 1. The molecule has 0 radical (unpaired) electrons. The fraction of sp³-hybridized carbons (Fsp3) is 0.455. The Balaban J connectivity index is 1.39. The van der Waals surface area contributed by atoms with Gasteiger partial charge in [0.1, 0.15) is 0 Å². The molecule has 1 N–H and O–H groups in total. The number of aryl methyl sites for hydroxylation is 1. The number of carbonyl (C=O) groups excluding carboxylic acids is 1. The third-order valence-corrected chi connectivity index (χ3v) is 6.56. The van der Waals surface area contributed by atoms with Crippen molar-refractivity contribution in [1.29, 1.82) is 0 Å². The Bertz CT molecular complexity index is 1070. The largest absolute Gasteiger partial charge is 0.349 e. The normalized spacial score (nSPS) is 16.0. The van der Waals surface area contributed by atoms with Crippen molar-refractivity contribution in [3.63, 3.8) is 0 Å². The molecule has 3 aromatic rings. The Morgan fingerprint density at radius 2 is 2.00 bits per heavy atom. The van der Waals surface area contributed by atoms with Crippen LogP contribution in [0.5, 0.6) is 0 Å². The Morgan fingerprint density at radius 1 is 1.27 bits per heavy atom. The molecule has 1 unspecified atom stereocenters. The molecule has 2 aromatic heterocycles. The van der Waals surface area contributed by atoms with Gasteiger partial charge >= 0.3 is 0 Å². The highest BCUT2D eigenvalue weighted by molar-refractivity contribution is 7.20. The zero-order valence-electron chi connectivity index (χ0n) is 17.4. The predicted octanol–water partition coefficient (Wildman–Crippen LogP) is 3.20. The second-order valence-electron chi connectivity index (χ2n) is 7.82. The summed E-state index contributed by atoms with van der Waals surface area (Å²) in [7, 11) is 0. The molecule has 0 bridgehead atoms. The van der Waals surface area contributed by atoms with Crippen LogP contribution in [-0.2, 0) is 11.2 Å². The fourth-order valence-corrected chi connectivity index (χ4v) is 4.83. The summed E-state index contributed by atoms with van der Waals surface area (Å²) in [6.45, 7) is 5.58. The molecular weight excluding hydrogens is 398 g/mol. The van der Waals surface area contributed by atoms with E-state index in [0.29, 0.717) is 4.96 Å². The number of aromatic nitrogens is 3. The van der Waals surface area contributed by atoms with Crippen LogP contribution in [0.2, 0.25) is 0 Å². The number of nitrogens with one attached hydrogen (secondary N) is 1. The average molecular weight is 426 g/mol. The standard InChI is InChI=1S/C22H27N5O2S/c1-3-7-18-14-19(28)27-21(24-18)30-22(25-27)26-12-10-17(11-13-26)20(29)23-15(2)16-8-5-4-6-9-16/h4-6,8-9,14-15,17H,3,7,10-13H2,1-2H3,(H,23,29). The van der Waals surface area contributed by atoms with Gasteiger partial charge in [-0.2, -0.15) is 4.52 Å². The van der Waals surface area contributed by atoms with E-state index in [-0.39, 0.29) is 23.4 Å². The molecule has 0 spiro atoms. The molecule has 1 atom stereocenters. The maximum atomic E-state index is 12.7. The van der Waals surface area contributed by atoms with Gasteiger partial charge in [-0.25, -0.2) is 4.98 Å². The molecule has 1 aliphatic rings. The maximum absolute atomic E-state index is 12.7. The summed E-state index contributed by atoms with van der Waals surface area (Å²) in [6.07, 6.45) is 3.28. The quantitative estimate of drug-likeness (QED) is 0.656. The summed E-state index contributed by atoms with van der Waals surface area (Å²) in [6, 6.07) is 11.6. The number of amides is 1. The summed E-state index contributed by atoms with van der Waals surface area (Å²) in [5, 5.41) is 8.42. The van der Waals surface area contributed by atoms with Crippen molar-refractivity contribution in [2.75, 3.05) is 18.0 Å². The van der Waals surface area contributed by atoms with Crippen LogP contribution in [0.1, 0.15) is 50.4 Å². The van der Waals surface area contributed by atoms with Gasteiger partial charge in [0.2, 0.25) is 16.0 Å². The molecule has 1 saturated heterocycles. The van der Waals surface area contributed by atoms with Crippen LogP contribution in [0.25, 0.3) is 4.96 Å². The van der Waals surface area contributed by atoms with E-state index < -0.39 is 0 Å². The zero-order valence-corrected chi connectivity index (χ0v) is 18.2. The Kier molecular flexibility index (Phi) is 6.13. The smallest absolute Gasteiger partial charge is 0.275 e. The van der Waals surface area contributed by atoms with Crippen LogP contribution < -0.4 is 15.8 Å². The van der Waals surface area contributed by atoms with Gasteiger partial charge in [-0.3, -0.25) is 9.59 Å². The van der Waals surface area contributed by atoms with Crippen LogP contribution in [0.3, 0.4) is 0 Å². The molecule has 3 heterocycles. The maximum Gasteiger partial charge on any atom is 0.275 e. The van der Waals surface area contributed by atoms with Crippen LogP contribution in [0.4, 0.5) is 5.13 Å². The van der Waals surface area contributed by atoms with Gasteiger partial charge in [0.05, 0.1) is 6.04 Å². The molecule has 158 valence electrons. The molecule has 4 rings (SSSR count). The predicted molar refractivity (Wildman–Crippen MR) is 119 cm³/mol. The second kappa shape index (κ2) is 8.95. The van der Waals surface area contributed by atoms with Gasteiger partial charge in [0.25, 0.3) is 5.56 Å². The molecule has 1 fully saturated rings. The first-order chi connectivity index (χ1) is 14.5. The van der Waals surface area contributed by atoms with Crippen LogP contribution in [-0.4, -0.2) is 33.6 Å². The lowest BCUT2D eigenvalue weighted by Crippen LogP contribution is -2.41. The lowest BCUT2D eigenvalue weighted by Gasteiger charge is -2.31. The molecule has 1 aliphatic heterocycles. The van der Waals surface area contributed by atoms with E-state index >= 15 is 0 Å². The Morgan fingerprint density at radius 3 is 2.70 bits per heavy atom. The average Bonchev–Trinajstić information content (AvgIpc) is 3.19. The minimum atomic E-state index is -0.130. The van der Waals surface area contributed by atoms with Gasteiger partial charge in [-0.05, 0) is 31.7 Å². The summed E-state index contributed by atoms with van der Waals surface area (Å²) >= 11 is 1.44. The Hall–Kier alpha value is -2.74. The second-order valence-corrected chi connectivity index (χ2v) is 8.75. The summed E-state index contributed by atoms with van der Waals surface area (Å²) in [5.41, 5.74) is 1.80. The van der Waals surface area contributed by atoms with E-state index in [1.54, 1.807) is 6.07 Å². The van der Waals surface area contributed by atoms with E-state index in [1.165, 1.54) is 15.9 Å². The number of piperidine rings is 1. The van der Waals surface area contributed by atoms with Crippen molar-refractivity contribution < 1.29 is 4.79 Å². The summed E-state index contributed by atoms with van der Waals surface area (Å²) < 4.78 is 1.39. The van der Waals surface area contributed by atoms with Gasteiger partial charge in [0, 0.05) is 30.8 Å². The van der Waals surface area contributed by atoms with E-state index in [1.807, 2.05) is 37.3 Å². The van der Waals surface area contributed by atoms with Crippen molar-refractivity contribution in [1.82, 2.24) is 19.9 Å². The number of rotatable bonds is 6. The van der Waals surface area contributed by atoms with Crippen molar-refractivity contribution in [2.45, 2.75) is 45.6 Å². The number of anilines is 1. The number of hydrogen-bond donors (Lipinski definition) is 1. The number of benzene rings is 1. The minimum absolute atomic E-state index is 0.00112. The molecule has 8 heteroatoms. The zero-order chi connectivity index (χ0) is 21.1. The van der Waals surface area contributed by atoms with E-state index in [9.17, 15) is 9.59 Å². The van der Waals surface area contributed by atoms with E-state index in [0.717, 1.165) is 55.2 Å². The fourth-order valence-electron chi connectivity index (χ4n) is 3.85. The Labute approximate surface area is 179 Å². The SMILES string of the molecule is CCCc1cc(=O)n2nc(N3CCC(C(=O)NC(C)c4ccccc4)CC3)sc2n1. The highest BCUT2D eigenvalue weighted by Gasteiger charge is 2.27. The van der Waals surface area contributed by atoms with Crippen molar-refractivity contribution in [3.05, 3.63) is 58.0 Å². The van der Waals surface area contributed by atoms with Gasteiger partial charge in [-0.15, -0.1) is 5.10 Å². The first-order valence-electron chi connectivity index (χ1n) is 10.5. The summed E-state index contributed by atoms with van der Waals surface area (Å²) in [4.78, 5) is 32.4. The third-order valence-electron chi connectivity index (χ3n) is 5.59. The monoisotopic (exact) mass is 425 g/mol. The van der Waals surface area contributed by atoms with Crippen LogP contribution in [0.15, 0.2) is 41.2 Å². The number of fused-ring (bicyclic) bond motifs is 1. The molecule has 0 saturated carbocycles.